The number of carbonyl (C=O) groups is 1. The van der Waals surface area contributed by atoms with Gasteiger partial charge in [0.25, 0.3) is 0 Å². The normalized spacial score (nSPS) is 11.7. The first-order valence-electron chi connectivity index (χ1n) is 10.8. The molecule has 0 aliphatic heterocycles. The Balaban J connectivity index is 1.67. The van der Waals surface area contributed by atoms with Crippen molar-refractivity contribution < 1.29 is 9.53 Å². The number of hydrogen-bond acceptors (Lipinski definition) is 5. The molecule has 1 unspecified atom stereocenters. The zero-order valence-corrected chi connectivity index (χ0v) is 19.7. The minimum Gasteiger partial charge on any atom is -0.496 e. The van der Waals surface area contributed by atoms with Crippen molar-refractivity contribution in [3.63, 3.8) is 0 Å². The van der Waals surface area contributed by atoms with Gasteiger partial charge in [0, 0.05) is 12.2 Å². The third kappa shape index (κ3) is 5.09. The summed E-state index contributed by atoms with van der Waals surface area (Å²) in [5, 5.41) is 12.1. The number of para-hydroxylation sites is 1. The molecular weight excluding hydrogens is 432 g/mol. The van der Waals surface area contributed by atoms with Gasteiger partial charge in [0.1, 0.15) is 11.0 Å². The summed E-state index contributed by atoms with van der Waals surface area (Å²) >= 11 is 1.39. The standard InChI is InChI=1S/C26H26N4O2S/c1-4-30-24(21-12-8-9-13-22(21)32-3)28-29-26(30)33-23(19-10-6-5-7-11-19)25(31)27-20-16-14-18(2)15-17-20/h5-17,23H,4H2,1-3H3,(H,27,31). The molecule has 1 aromatic heterocycles. The number of carbonyl (C=O) groups excluding carboxylic acids is 1. The summed E-state index contributed by atoms with van der Waals surface area (Å²) in [5.41, 5.74) is 3.67. The van der Waals surface area contributed by atoms with Crippen molar-refractivity contribution in [2.45, 2.75) is 30.8 Å². The summed E-state index contributed by atoms with van der Waals surface area (Å²) in [6.07, 6.45) is 0. The fourth-order valence-electron chi connectivity index (χ4n) is 3.54. The maximum atomic E-state index is 13.4. The van der Waals surface area contributed by atoms with Crippen LogP contribution in [0, 0.1) is 6.92 Å². The number of methoxy groups -OCH3 is 1. The van der Waals surface area contributed by atoms with E-state index in [1.165, 1.54) is 11.8 Å². The molecule has 0 saturated heterocycles. The van der Waals surface area contributed by atoms with E-state index in [-0.39, 0.29) is 5.91 Å². The van der Waals surface area contributed by atoms with Gasteiger partial charge in [-0.15, -0.1) is 10.2 Å². The molecule has 1 amide bonds. The Bertz CT molecular complexity index is 1220. The monoisotopic (exact) mass is 458 g/mol. The lowest BCUT2D eigenvalue weighted by Gasteiger charge is -2.17. The smallest absolute Gasteiger partial charge is 0.242 e. The molecule has 3 aromatic carbocycles. The van der Waals surface area contributed by atoms with Gasteiger partial charge in [0.15, 0.2) is 11.0 Å². The lowest BCUT2D eigenvalue weighted by Crippen LogP contribution is -2.19. The predicted molar refractivity (Wildman–Crippen MR) is 133 cm³/mol. The van der Waals surface area contributed by atoms with Crippen molar-refractivity contribution >= 4 is 23.4 Å². The third-order valence-electron chi connectivity index (χ3n) is 5.26. The second-order valence-corrected chi connectivity index (χ2v) is 8.59. The van der Waals surface area contributed by atoms with Crippen LogP contribution >= 0.6 is 11.8 Å². The highest BCUT2D eigenvalue weighted by atomic mass is 32.2. The molecular formula is C26H26N4O2S. The minimum absolute atomic E-state index is 0.112. The van der Waals surface area contributed by atoms with Crippen LogP contribution in [0.15, 0.2) is 84.0 Å². The fraction of sp³-hybridized carbons (Fsp3) is 0.192. The molecule has 4 aromatic rings. The summed E-state index contributed by atoms with van der Waals surface area (Å²) in [4.78, 5) is 13.4. The van der Waals surface area contributed by atoms with Gasteiger partial charge in [-0.25, -0.2) is 0 Å². The predicted octanol–water partition coefficient (Wildman–Crippen LogP) is 5.75. The third-order valence-corrected chi connectivity index (χ3v) is 6.50. The van der Waals surface area contributed by atoms with Gasteiger partial charge in [0.2, 0.25) is 5.91 Å². The van der Waals surface area contributed by atoms with Gasteiger partial charge in [-0.2, -0.15) is 0 Å². The van der Waals surface area contributed by atoms with Crippen LogP contribution in [-0.4, -0.2) is 27.8 Å². The lowest BCUT2D eigenvalue weighted by atomic mass is 10.1. The fourth-order valence-corrected chi connectivity index (χ4v) is 4.64. The van der Waals surface area contributed by atoms with Crippen LogP contribution in [0.2, 0.25) is 0 Å². The number of nitrogens with one attached hydrogen (secondary N) is 1. The summed E-state index contributed by atoms with van der Waals surface area (Å²) in [6, 6.07) is 25.2. The van der Waals surface area contributed by atoms with Crippen molar-refractivity contribution in [3.05, 3.63) is 90.0 Å². The molecule has 0 saturated carbocycles. The van der Waals surface area contributed by atoms with Gasteiger partial charge >= 0.3 is 0 Å². The molecule has 7 heteroatoms. The molecule has 0 fully saturated rings. The van der Waals surface area contributed by atoms with Crippen LogP contribution in [-0.2, 0) is 11.3 Å². The minimum atomic E-state index is -0.493. The van der Waals surface area contributed by atoms with Crippen molar-refractivity contribution in [2.75, 3.05) is 12.4 Å². The highest BCUT2D eigenvalue weighted by molar-refractivity contribution is 8.00. The van der Waals surface area contributed by atoms with E-state index in [1.807, 2.05) is 97.3 Å². The topological polar surface area (TPSA) is 69.0 Å². The van der Waals surface area contributed by atoms with E-state index in [0.717, 1.165) is 28.1 Å². The van der Waals surface area contributed by atoms with E-state index in [0.29, 0.717) is 17.5 Å². The Labute approximate surface area is 198 Å². The molecule has 33 heavy (non-hydrogen) atoms. The number of ether oxygens (including phenoxy) is 1. The molecule has 168 valence electrons. The summed E-state index contributed by atoms with van der Waals surface area (Å²) in [7, 11) is 1.64. The number of hydrogen-bond donors (Lipinski definition) is 1. The Kier molecular flexibility index (Phi) is 7.10. The highest BCUT2D eigenvalue weighted by Crippen LogP contribution is 2.38. The molecule has 1 N–H and O–H groups in total. The number of aryl methyl sites for hydroxylation is 1. The first-order chi connectivity index (χ1) is 16.1. The van der Waals surface area contributed by atoms with Gasteiger partial charge in [0.05, 0.1) is 12.7 Å². The second kappa shape index (κ2) is 10.4. The zero-order valence-electron chi connectivity index (χ0n) is 18.9. The number of thioether (sulfide) groups is 1. The number of anilines is 1. The molecule has 0 aliphatic rings. The van der Waals surface area contributed by atoms with Crippen LogP contribution in [0.25, 0.3) is 11.4 Å². The van der Waals surface area contributed by atoms with Crippen molar-refractivity contribution in [2.24, 2.45) is 0 Å². The van der Waals surface area contributed by atoms with Crippen LogP contribution in [0.5, 0.6) is 5.75 Å². The second-order valence-electron chi connectivity index (χ2n) is 7.51. The van der Waals surface area contributed by atoms with E-state index in [2.05, 4.69) is 15.5 Å². The van der Waals surface area contributed by atoms with Crippen LogP contribution in [0.3, 0.4) is 0 Å². The van der Waals surface area contributed by atoms with Gasteiger partial charge < -0.3 is 14.6 Å². The molecule has 0 aliphatic carbocycles. The molecule has 0 bridgehead atoms. The van der Waals surface area contributed by atoms with Gasteiger partial charge in [-0.1, -0.05) is 71.9 Å². The maximum Gasteiger partial charge on any atom is 0.242 e. The van der Waals surface area contributed by atoms with Gasteiger partial charge in [-0.05, 0) is 43.7 Å². The largest absolute Gasteiger partial charge is 0.496 e. The SMILES string of the molecule is CCn1c(SC(C(=O)Nc2ccc(C)cc2)c2ccccc2)nnc1-c1ccccc1OC. The zero-order chi connectivity index (χ0) is 23.2. The number of aromatic nitrogens is 3. The Morgan fingerprint density at radius 1 is 1.00 bits per heavy atom. The number of nitrogens with zero attached hydrogens (tertiary/aromatic N) is 3. The van der Waals surface area contributed by atoms with E-state index < -0.39 is 5.25 Å². The summed E-state index contributed by atoms with van der Waals surface area (Å²) < 4.78 is 7.53. The van der Waals surface area contributed by atoms with Crippen LogP contribution < -0.4 is 10.1 Å². The Morgan fingerprint density at radius 2 is 1.70 bits per heavy atom. The van der Waals surface area contributed by atoms with Crippen molar-refractivity contribution in [1.82, 2.24) is 14.8 Å². The Morgan fingerprint density at radius 3 is 2.39 bits per heavy atom. The Hall–Kier alpha value is -3.58. The van der Waals surface area contributed by atoms with Crippen molar-refractivity contribution in [3.8, 4) is 17.1 Å². The molecule has 1 atom stereocenters. The lowest BCUT2D eigenvalue weighted by molar-refractivity contribution is -0.115. The van der Waals surface area contributed by atoms with E-state index in [9.17, 15) is 4.79 Å². The van der Waals surface area contributed by atoms with Crippen LogP contribution in [0.1, 0.15) is 23.3 Å². The van der Waals surface area contributed by atoms with E-state index in [1.54, 1.807) is 7.11 Å². The summed E-state index contributed by atoms with van der Waals surface area (Å²) in [5.74, 6) is 1.33. The van der Waals surface area contributed by atoms with E-state index >= 15 is 0 Å². The highest BCUT2D eigenvalue weighted by Gasteiger charge is 2.26. The molecule has 6 nitrogen and oxygen atoms in total. The van der Waals surface area contributed by atoms with Crippen molar-refractivity contribution in [1.29, 1.82) is 0 Å². The summed E-state index contributed by atoms with van der Waals surface area (Å²) in [6.45, 7) is 4.71. The average molecular weight is 459 g/mol. The molecule has 4 rings (SSSR count). The molecule has 0 spiro atoms. The first-order valence-corrected chi connectivity index (χ1v) is 11.6. The number of amides is 1. The maximum absolute atomic E-state index is 13.4. The van der Waals surface area contributed by atoms with E-state index in [4.69, 9.17) is 4.74 Å². The van der Waals surface area contributed by atoms with Gasteiger partial charge in [-0.3, -0.25) is 4.79 Å². The first kappa shape index (κ1) is 22.6. The average Bonchev–Trinajstić information content (AvgIpc) is 3.26. The molecule has 1 heterocycles. The number of rotatable bonds is 8. The number of benzene rings is 3. The quantitative estimate of drug-likeness (QED) is 0.340. The molecule has 0 radical (unpaired) electrons. The van der Waals surface area contributed by atoms with Crippen LogP contribution in [0.4, 0.5) is 5.69 Å².